The summed E-state index contributed by atoms with van der Waals surface area (Å²) in [5.74, 6) is -2.15. The Morgan fingerprint density at radius 3 is 2.52 bits per heavy atom. The zero-order valence-corrected chi connectivity index (χ0v) is 11.4. The summed E-state index contributed by atoms with van der Waals surface area (Å²) < 4.78 is 4.63. The van der Waals surface area contributed by atoms with Gasteiger partial charge in [-0.25, -0.2) is 4.79 Å². The van der Waals surface area contributed by atoms with Crippen molar-refractivity contribution in [3.8, 4) is 0 Å². The highest BCUT2D eigenvalue weighted by molar-refractivity contribution is 6.40. The third-order valence-corrected chi connectivity index (χ3v) is 2.94. The number of Topliss-reactive ketones (excluding diaryl/α,β-unsaturated/α-hetero) is 1. The van der Waals surface area contributed by atoms with Crippen LogP contribution in [0.15, 0.2) is 24.3 Å². The number of ketones is 1. The van der Waals surface area contributed by atoms with Crippen LogP contribution in [0.4, 0.5) is 5.69 Å². The van der Waals surface area contributed by atoms with Crippen LogP contribution in [0.25, 0.3) is 0 Å². The van der Waals surface area contributed by atoms with Crippen molar-refractivity contribution in [3.63, 3.8) is 0 Å². The van der Waals surface area contributed by atoms with Gasteiger partial charge in [0.1, 0.15) is 6.54 Å². The summed E-state index contributed by atoms with van der Waals surface area (Å²) in [7, 11) is 0. The minimum absolute atomic E-state index is 0.0532. The molecule has 1 saturated heterocycles. The van der Waals surface area contributed by atoms with E-state index in [4.69, 9.17) is 0 Å². The van der Waals surface area contributed by atoms with Crippen LogP contribution in [0.5, 0.6) is 0 Å². The van der Waals surface area contributed by atoms with Crippen LogP contribution in [-0.2, 0) is 19.1 Å². The van der Waals surface area contributed by atoms with E-state index in [0.717, 1.165) is 0 Å². The molecule has 1 aromatic carbocycles. The number of carbonyl (C=O) groups is 4. The minimum atomic E-state index is -0.918. The van der Waals surface area contributed by atoms with Crippen LogP contribution in [-0.4, -0.2) is 43.3 Å². The molecule has 1 aromatic rings. The van der Waals surface area contributed by atoms with Gasteiger partial charge in [-0.3, -0.25) is 14.4 Å². The molecule has 1 aliphatic heterocycles. The smallest absolute Gasteiger partial charge is 0.379 e. The van der Waals surface area contributed by atoms with E-state index in [1.165, 1.54) is 29.2 Å². The maximum atomic E-state index is 11.7. The highest BCUT2D eigenvalue weighted by atomic mass is 16.5. The van der Waals surface area contributed by atoms with E-state index in [0.29, 0.717) is 5.69 Å². The van der Waals surface area contributed by atoms with Gasteiger partial charge in [0.05, 0.1) is 13.2 Å². The second-order valence-electron chi connectivity index (χ2n) is 4.35. The van der Waals surface area contributed by atoms with Crippen LogP contribution in [0, 0.1) is 0 Å². The summed E-state index contributed by atoms with van der Waals surface area (Å²) in [6, 6.07) is 5.88. The molecule has 21 heavy (non-hydrogen) atoms. The molecule has 7 heteroatoms. The molecule has 0 atom stereocenters. The molecular weight excluding hydrogens is 276 g/mol. The van der Waals surface area contributed by atoms with Gasteiger partial charge in [-0.2, -0.15) is 0 Å². The number of piperazine rings is 1. The van der Waals surface area contributed by atoms with Gasteiger partial charge in [0.2, 0.25) is 11.8 Å². The molecule has 2 amide bonds. The third kappa shape index (κ3) is 3.25. The molecular formula is C14H14N2O5. The molecule has 110 valence electrons. The number of anilines is 1. The number of amides is 2. The SMILES string of the molecule is CCOC(=O)C(=O)c1ccc(N2CC(=O)NCC2=O)cc1. The molecule has 1 N–H and O–H groups in total. The predicted octanol–water partition coefficient (Wildman–Crippen LogP) is -0.105. The molecule has 0 radical (unpaired) electrons. The first-order valence-corrected chi connectivity index (χ1v) is 6.41. The van der Waals surface area contributed by atoms with Gasteiger partial charge in [0.15, 0.2) is 0 Å². The monoisotopic (exact) mass is 290 g/mol. The van der Waals surface area contributed by atoms with Crippen molar-refractivity contribution in [2.45, 2.75) is 6.92 Å². The number of carbonyl (C=O) groups excluding carboxylic acids is 4. The Balaban J connectivity index is 2.15. The first kappa shape index (κ1) is 14.7. The third-order valence-electron chi connectivity index (χ3n) is 2.94. The first-order chi connectivity index (χ1) is 10.0. The zero-order chi connectivity index (χ0) is 15.4. The Morgan fingerprint density at radius 2 is 1.90 bits per heavy atom. The predicted molar refractivity (Wildman–Crippen MR) is 72.8 cm³/mol. The van der Waals surface area contributed by atoms with Crippen molar-refractivity contribution < 1.29 is 23.9 Å². The highest BCUT2D eigenvalue weighted by Crippen LogP contribution is 2.17. The number of ether oxygens (including phenoxy) is 1. The van der Waals surface area contributed by atoms with E-state index in [1.807, 2.05) is 0 Å². The summed E-state index contributed by atoms with van der Waals surface area (Å²) in [4.78, 5) is 47.4. The average molecular weight is 290 g/mol. The Bertz CT molecular complexity index is 594. The fraction of sp³-hybridized carbons (Fsp3) is 0.286. The quantitative estimate of drug-likeness (QED) is 0.474. The number of benzene rings is 1. The summed E-state index contributed by atoms with van der Waals surface area (Å²) >= 11 is 0. The second-order valence-corrected chi connectivity index (χ2v) is 4.35. The summed E-state index contributed by atoms with van der Waals surface area (Å²) in [5.41, 5.74) is 0.668. The van der Waals surface area contributed by atoms with E-state index in [2.05, 4.69) is 10.1 Å². The van der Waals surface area contributed by atoms with Crippen molar-refractivity contribution >= 4 is 29.3 Å². The van der Waals surface area contributed by atoms with Gasteiger partial charge >= 0.3 is 5.97 Å². The van der Waals surface area contributed by atoms with Crippen molar-refractivity contribution in [3.05, 3.63) is 29.8 Å². The number of hydrogen-bond donors (Lipinski definition) is 1. The molecule has 1 fully saturated rings. The first-order valence-electron chi connectivity index (χ1n) is 6.41. The molecule has 0 unspecified atom stereocenters. The standard InChI is InChI=1S/C14H14N2O5/c1-2-21-14(20)13(19)9-3-5-10(6-4-9)16-8-11(17)15-7-12(16)18/h3-6H,2,7-8H2,1H3,(H,15,17). The van der Waals surface area contributed by atoms with Crippen molar-refractivity contribution in [2.75, 3.05) is 24.6 Å². The highest BCUT2D eigenvalue weighted by Gasteiger charge is 2.25. The summed E-state index contributed by atoms with van der Waals surface area (Å²) in [6.07, 6.45) is 0. The van der Waals surface area contributed by atoms with Crippen LogP contribution in [0.1, 0.15) is 17.3 Å². The number of nitrogens with one attached hydrogen (secondary N) is 1. The maximum Gasteiger partial charge on any atom is 0.379 e. The van der Waals surface area contributed by atoms with Crippen LogP contribution in [0.3, 0.4) is 0 Å². The van der Waals surface area contributed by atoms with E-state index in [-0.39, 0.29) is 37.1 Å². The van der Waals surface area contributed by atoms with E-state index < -0.39 is 11.8 Å². The molecule has 0 saturated carbocycles. The van der Waals surface area contributed by atoms with E-state index >= 15 is 0 Å². The summed E-state index contributed by atoms with van der Waals surface area (Å²) in [6.45, 7) is 1.62. The van der Waals surface area contributed by atoms with Crippen LogP contribution >= 0.6 is 0 Å². The van der Waals surface area contributed by atoms with Crippen LogP contribution < -0.4 is 10.2 Å². The topological polar surface area (TPSA) is 92.8 Å². The fourth-order valence-corrected chi connectivity index (χ4v) is 1.90. The Labute approximate surface area is 120 Å². The molecule has 1 aliphatic rings. The Kier molecular flexibility index (Phi) is 4.32. The molecule has 0 spiro atoms. The second kappa shape index (κ2) is 6.17. The molecule has 0 bridgehead atoms. The minimum Gasteiger partial charge on any atom is -0.460 e. The maximum absolute atomic E-state index is 11.7. The van der Waals surface area contributed by atoms with Gasteiger partial charge in [0.25, 0.3) is 5.78 Å². The van der Waals surface area contributed by atoms with Crippen LogP contribution in [0.2, 0.25) is 0 Å². The number of rotatable bonds is 4. The molecule has 0 aliphatic carbocycles. The lowest BCUT2D eigenvalue weighted by molar-refractivity contribution is -0.137. The van der Waals surface area contributed by atoms with E-state index in [9.17, 15) is 19.2 Å². The molecule has 1 heterocycles. The fourth-order valence-electron chi connectivity index (χ4n) is 1.90. The van der Waals surface area contributed by atoms with Crippen molar-refractivity contribution in [1.82, 2.24) is 5.32 Å². The van der Waals surface area contributed by atoms with Crippen molar-refractivity contribution in [1.29, 1.82) is 0 Å². The largest absolute Gasteiger partial charge is 0.460 e. The van der Waals surface area contributed by atoms with Crippen molar-refractivity contribution in [2.24, 2.45) is 0 Å². The van der Waals surface area contributed by atoms with E-state index in [1.54, 1.807) is 6.92 Å². The van der Waals surface area contributed by atoms with Gasteiger partial charge in [-0.1, -0.05) is 0 Å². The number of esters is 1. The number of nitrogens with zero attached hydrogens (tertiary/aromatic N) is 1. The van der Waals surface area contributed by atoms with Gasteiger partial charge in [-0.15, -0.1) is 0 Å². The summed E-state index contributed by atoms with van der Waals surface area (Å²) in [5, 5.41) is 2.44. The zero-order valence-electron chi connectivity index (χ0n) is 11.4. The van der Waals surface area contributed by atoms with Gasteiger partial charge in [0, 0.05) is 11.3 Å². The lowest BCUT2D eigenvalue weighted by Gasteiger charge is -2.26. The lowest BCUT2D eigenvalue weighted by atomic mass is 10.1. The van der Waals surface area contributed by atoms with Gasteiger partial charge < -0.3 is 15.0 Å². The molecule has 2 rings (SSSR count). The Hall–Kier alpha value is -2.70. The average Bonchev–Trinajstić information content (AvgIpc) is 2.49. The Morgan fingerprint density at radius 1 is 1.24 bits per heavy atom. The number of hydrogen-bond acceptors (Lipinski definition) is 5. The lowest BCUT2D eigenvalue weighted by Crippen LogP contribution is -2.51. The molecule has 7 nitrogen and oxygen atoms in total. The normalized spacial score (nSPS) is 14.6. The molecule has 0 aromatic heterocycles. The van der Waals surface area contributed by atoms with Gasteiger partial charge in [-0.05, 0) is 31.2 Å².